The lowest BCUT2D eigenvalue weighted by molar-refractivity contribution is 0.308. The van der Waals surface area contributed by atoms with Gasteiger partial charge in [-0.1, -0.05) is 0 Å². The summed E-state index contributed by atoms with van der Waals surface area (Å²) in [5.41, 5.74) is 5.37. The number of benzene rings is 1. The Morgan fingerprint density at radius 1 is 1.15 bits per heavy atom. The maximum atomic E-state index is 5.50. The van der Waals surface area contributed by atoms with Crippen molar-refractivity contribution < 1.29 is 4.74 Å². The first kappa shape index (κ1) is 10.8. The number of ether oxygens (including phenoxy) is 1. The zero-order valence-electron chi connectivity index (χ0n) is 7.50. The Kier molecular flexibility index (Phi) is 5.15. The zero-order valence-corrected chi connectivity index (χ0v) is 9.66. The van der Waals surface area contributed by atoms with Gasteiger partial charge in [-0.15, -0.1) is 0 Å². The molecule has 0 aliphatic carbocycles. The van der Waals surface area contributed by atoms with E-state index in [0.717, 1.165) is 31.7 Å². The Morgan fingerprint density at radius 2 is 1.85 bits per heavy atom. The fourth-order valence-corrected chi connectivity index (χ4v) is 1.33. The summed E-state index contributed by atoms with van der Waals surface area (Å²) < 4.78 is 6.73. The lowest BCUT2D eigenvalue weighted by Crippen LogP contribution is -2.03. The van der Waals surface area contributed by atoms with Gasteiger partial charge in [0.2, 0.25) is 0 Å². The van der Waals surface area contributed by atoms with Gasteiger partial charge in [0.1, 0.15) is 5.75 Å². The molecule has 2 N–H and O–H groups in total. The van der Waals surface area contributed by atoms with E-state index in [-0.39, 0.29) is 0 Å². The first-order valence-electron chi connectivity index (χ1n) is 4.41. The molecule has 0 heterocycles. The molecule has 0 atom stereocenters. The SMILES string of the molecule is NCCCCOc1ccc(I)cc1. The van der Waals surface area contributed by atoms with E-state index in [0.29, 0.717) is 0 Å². The summed E-state index contributed by atoms with van der Waals surface area (Å²) in [5.74, 6) is 0.942. The minimum absolute atomic E-state index is 0.746. The van der Waals surface area contributed by atoms with Crippen molar-refractivity contribution >= 4 is 22.6 Å². The van der Waals surface area contributed by atoms with Crippen LogP contribution in [0.5, 0.6) is 5.75 Å². The quantitative estimate of drug-likeness (QED) is 0.668. The maximum Gasteiger partial charge on any atom is 0.119 e. The molecule has 0 spiro atoms. The second-order valence-corrected chi connectivity index (χ2v) is 4.04. The van der Waals surface area contributed by atoms with Gasteiger partial charge < -0.3 is 10.5 Å². The Labute approximate surface area is 92.6 Å². The molecule has 72 valence electrons. The number of hydrogen-bond donors (Lipinski definition) is 1. The smallest absolute Gasteiger partial charge is 0.119 e. The van der Waals surface area contributed by atoms with Crippen molar-refractivity contribution in [1.29, 1.82) is 0 Å². The molecular formula is C10H14INO. The lowest BCUT2D eigenvalue weighted by Gasteiger charge is -2.04. The van der Waals surface area contributed by atoms with Crippen LogP contribution in [0.1, 0.15) is 12.8 Å². The zero-order chi connectivity index (χ0) is 9.52. The van der Waals surface area contributed by atoms with Crippen molar-refractivity contribution in [3.05, 3.63) is 27.8 Å². The molecule has 0 amide bonds. The second kappa shape index (κ2) is 6.21. The Balaban J connectivity index is 2.25. The molecule has 2 nitrogen and oxygen atoms in total. The van der Waals surface area contributed by atoms with Crippen molar-refractivity contribution in [3.8, 4) is 5.75 Å². The standard InChI is InChI=1S/C10H14INO/c11-9-3-5-10(6-4-9)13-8-2-1-7-12/h3-6H,1-2,7-8,12H2. The van der Waals surface area contributed by atoms with Gasteiger partial charge in [0.15, 0.2) is 0 Å². The van der Waals surface area contributed by atoms with Crippen molar-refractivity contribution in [2.45, 2.75) is 12.8 Å². The monoisotopic (exact) mass is 291 g/mol. The van der Waals surface area contributed by atoms with E-state index >= 15 is 0 Å². The third-order valence-electron chi connectivity index (χ3n) is 1.68. The largest absolute Gasteiger partial charge is 0.494 e. The van der Waals surface area contributed by atoms with Crippen LogP contribution in [0.3, 0.4) is 0 Å². The molecule has 0 radical (unpaired) electrons. The average molecular weight is 291 g/mol. The van der Waals surface area contributed by atoms with E-state index < -0.39 is 0 Å². The van der Waals surface area contributed by atoms with E-state index in [1.165, 1.54) is 3.57 Å². The molecule has 1 aromatic carbocycles. The van der Waals surface area contributed by atoms with Crippen LogP contribution in [0.2, 0.25) is 0 Å². The highest BCUT2D eigenvalue weighted by molar-refractivity contribution is 14.1. The molecule has 0 fully saturated rings. The van der Waals surface area contributed by atoms with Crippen LogP contribution in [0.15, 0.2) is 24.3 Å². The lowest BCUT2D eigenvalue weighted by atomic mass is 10.3. The minimum atomic E-state index is 0.746. The van der Waals surface area contributed by atoms with E-state index in [1.54, 1.807) is 0 Å². The summed E-state index contributed by atoms with van der Waals surface area (Å²) in [5, 5.41) is 0. The van der Waals surface area contributed by atoms with E-state index in [2.05, 4.69) is 22.6 Å². The molecule has 3 heteroatoms. The van der Waals surface area contributed by atoms with Crippen LogP contribution in [0.25, 0.3) is 0 Å². The molecule has 0 saturated carbocycles. The molecule has 0 aromatic heterocycles. The van der Waals surface area contributed by atoms with Crippen molar-refractivity contribution in [3.63, 3.8) is 0 Å². The summed E-state index contributed by atoms with van der Waals surface area (Å²) in [7, 11) is 0. The molecule has 1 rings (SSSR count). The normalized spacial score (nSPS) is 10.0. The maximum absolute atomic E-state index is 5.50. The van der Waals surface area contributed by atoms with Crippen LogP contribution in [0, 0.1) is 3.57 Å². The first-order valence-corrected chi connectivity index (χ1v) is 5.49. The van der Waals surface area contributed by atoms with Crippen LogP contribution in [-0.4, -0.2) is 13.2 Å². The van der Waals surface area contributed by atoms with E-state index in [1.807, 2.05) is 24.3 Å². The molecular weight excluding hydrogens is 277 g/mol. The van der Waals surface area contributed by atoms with Gasteiger partial charge in [-0.05, 0) is 66.2 Å². The second-order valence-electron chi connectivity index (χ2n) is 2.80. The van der Waals surface area contributed by atoms with Crippen LogP contribution < -0.4 is 10.5 Å². The van der Waals surface area contributed by atoms with Gasteiger partial charge in [-0.25, -0.2) is 0 Å². The molecule has 0 aliphatic rings. The van der Waals surface area contributed by atoms with Gasteiger partial charge in [0.05, 0.1) is 6.61 Å². The number of unbranched alkanes of at least 4 members (excludes halogenated alkanes) is 1. The van der Waals surface area contributed by atoms with Gasteiger partial charge in [-0.2, -0.15) is 0 Å². The number of hydrogen-bond acceptors (Lipinski definition) is 2. The van der Waals surface area contributed by atoms with Crippen molar-refractivity contribution in [1.82, 2.24) is 0 Å². The molecule has 0 unspecified atom stereocenters. The molecule has 0 aliphatic heterocycles. The highest BCUT2D eigenvalue weighted by Gasteiger charge is 1.92. The minimum Gasteiger partial charge on any atom is -0.494 e. The summed E-state index contributed by atoms with van der Waals surface area (Å²) in [6, 6.07) is 8.06. The molecule has 13 heavy (non-hydrogen) atoms. The Morgan fingerprint density at radius 3 is 2.46 bits per heavy atom. The van der Waals surface area contributed by atoms with Crippen LogP contribution in [0.4, 0.5) is 0 Å². The highest BCUT2D eigenvalue weighted by Crippen LogP contribution is 2.13. The van der Waals surface area contributed by atoms with E-state index in [4.69, 9.17) is 10.5 Å². The topological polar surface area (TPSA) is 35.2 Å². The first-order chi connectivity index (χ1) is 6.33. The summed E-state index contributed by atoms with van der Waals surface area (Å²) in [4.78, 5) is 0. The number of halogens is 1. The Bertz CT molecular complexity index is 235. The van der Waals surface area contributed by atoms with Crippen LogP contribution in [-0.2, 0) is 0 Å². The highest BCUT2D eigenvalue weighted by atomic mass is 127. The predicted molar refractivity (Wildman–Crippen MR) is 62.9 cm³/mol. The van der Waals surface area contributed by atoms with Crippen molar-refractivity contribution in [2.24, 2.45) is 5.73 Å². The van der Waals surface area contributed by atoms with Gasteiger partial charge in [0.25, 0.3) is 0 Å². The fraction of sp³-hybridized carbons (Fsp3) is 0.400. The third kappa shape index (κ3) is 4.47. The van der Waals surface area contributed by atoms with E-state index in [9.17, 15) is 0 Å². The molecule has 1 aromatic rings. The van der Waals surface area contributed by atoms with Gasteiger partial charge >= 0.3 is 0 Å². The fourth-order valence-electron chi connectivity index (χ4n) is 0.967. The molecule has 0 bridgehead atoms. The third-order valence-corrected chi connectivity index (χ3v) is 2.40. The molecule has 0 saturated heterocycles. The van der Waals surface area contributed by atoms with Gasteiger partial charge in [0, 0.05) is 3.57 Å². The predicted octanol–water partition coefficient (Wildman–Crippen LogP) is 2.41. The number of rotatable bonds is 5. The summed E-state index contributed by atoms with van der Waals surface area (Å²) in [6.07, 6.45) is 2.06. The van der Waals surface area contributed by atoms with Crippen molar-refractivity contribution in [2.75, 3.05) is 13.2 Å². The Hall–Kier alpha value is -0.290. The summed E-state index contributed by atoms with van der Waals surface area (Å²) in [6.45, 7) is 1.51. The average Bonchev–Trinajstić information content (AvgIpc) is 2.15. The number of nitrogens with two attached hydrogens (primary N) is 1. The summed E-state index contributed by atoms with van der Waals surface area (Å²) >= 11 is 2.28. The van der Waals surface area contributed by atoms with Crippen LogP contribution >= 0.6 is 22.6 Å². The van der Waals surface area contributed by atoms with Gasteiger partial charge in [-0.3, -0.25) is 0 Å².